The van der Waals surface area contributed by atoms with Crippen LogP contribution < -0.4 is 0 Å². The fourth-order valence-electron chi connectivity index (χ4n) is 3.65. The van der Waals surface area contributed by atoms with Crippen LogP contribution >= 0.6 is 0 Å². The minimum Gasteiger partial charge on any atom is -0.394 e. The molecule has 0 bridgehead atoms. The van der Waals surface area contributed by atoms with Crippen molar-refractivity contribution < 1.29 is 14.6 Å². The number of hydrogen-bond donors (Lipinski definition) is 1. The summed E-state index contributed by atoms with van der Waals surface area (Å²) < 4.78 is 5.79. The molecule has 1 unspecified atom stereocenters. The Morgan fingerprint density at radius 1 is 1.37 bits per heavy atom. The van der Waals surface area contributed by atoms with Crippen molar-refractivity contribution in [1.82, 2.24) is 4.90 Å². The molecule has 1 aliphatic carbocycles. The van der Waals surface area contributed by atoms with E-state index < -0.39 is 0 Å². The van der Waals surface area contributed by atoms with Gasteiger partial charge in [-0.3, -0.25) is 4.79 Å². The molecule has 4 nitrogen and oxygen atoms in total. The number of nitrogens with zero attached hydrogens (tertiary/aromatic N) is 1. The van der Waals surface area contributed by atoms with Gasteiger partial charge in [-0.25, -0.2) is 0 Å². The Morgan fingerprint density at radius 2 is 2.00 bits per heavy atom. The lowest BCUT2D eigenvalue weighted by Crippen LogP contribution is -2.58. The third-order valence-corrected chi connectivity index (χ3v) is 4.66. The molecule has 0 aromatic rings. The summed E-state index contributed by atoms with van der Waals surface area (Å²) in [6.07, 6.45) is 5.04. The molecule has 1 heterocycles. The molecule has 2 aliphatic rings. The van der Waals surface area contributed by atoms with Crippen LogP contribution in [0.2, 0.25) is 0 Å². The molecular weight excluding hydrogens is 242 g/mol. The topological polar surface area (TPSA) is 49.8 Å². The zero-order valence-electron chi connectivity index (χ0n) is 12.4. The first-order valence-corrected chi connectivity index (χ1v) is 7.50. The van der Waals surface area contributed by atoms with Crippen molar-refractivity contribution in [3.8, 4) is 0 Å². The van der Waals surface area contributed by atoms with E-state index in [0.717, 1.165) is 32.1 Å². The highest BCUT2D eigenvalue weighted by Crippen LogP contribution is 2.43. The Morgan fingerprint density at radius 3 is 2.53 bits per heavy atom. The Balaban J connectivity index is 2.13. The van der Waals surface area contributed by atoms with Crippen molar-refractivity contribution in [3.63, 3.8) is 0 Å². The minimum absolute atomic E-state index is 0.0215. The molecule has 1 aliphatic heterocycles. The van der Waals surface area contributed by atoms with Gasteiger partial charge in [-0.15, -0.1) is 0 Å². The molecule has 2 fully saturated rings. The van der Waals surface area contributed by atoms with Gasteiger partial charge in [-0.1, -0.05) is 19.8 Å². The van der Waals surface area contributed by atoms with E-state index in [0.29, 0.717) is 13.1 Å². The van der Waals surface area contributed by atoms with Gasteiger partial charge in [0.1, 0.15) is 0 Å². The Labute approximate surface area is 116 Å². The maximum absolute atomic E-state index is 12.9. The quantitative estimate of drug-likeness (QED) is 0.852. The van der Waals surface area contributed by atoms with E-state index in [-0.39, 0.29) is 29.6 Å². The van der Waals surface area contributed by atoms with Crippen LogP contribution in [0.1, 0.15) is 52.9 Å². The number of morpholine rings is 1. The molecule has 2 rings (SSSR count). The van der Waals surface area contributed by atoms with E-state index in [1.807, 2.05) is 18.7 Å². The number of aliphatic hydroxyl groups is 1. The van der Waals surface area contributed by atoms with Gasteiger partial charge in [0.25, 0.3) is 0 Å². The molecule has 1 atom stereocenters. The summed E-state index contributed by atoms with van der Waals surface area (Å²) in [5.74, 6) is 0.280. The number of ether oxygens (including phenoxy) is 1. The van der Waals surface area contributed by atoms with E-state index in [1.54, 1.807) is 0 Å². The lowest BCUT2D eigenvalue weighted by atomic mass is 9.81. The smallest absolute Gasteiger partial charge is 0.228 e. The number of carbonyl (C=O) groups is 1. The third kappa shape index (κ3) is 2.95. The lowest BCUT2D eigenvalue weighted by Gasteiger charge is -2.45. The van der Waals surface area contributed by atoms with Crippen LogP contribution in [0.4, 0.5) is 0 Å². The summed E-state index contributed by atoms with van der Waals surface area (Å²) >= 11 is 0. The molecule has 19 heavy (non-hydrogen) atoms. The van der Waals surface area contributed by atoms with Crippen molar-refractivity contribution in [3.05, 3.63) is 0 Å². The Kier molecular flexibility index (Phi) is 4.21. The first kappa shape index (κ1) is 14.8. The van der Waals surface area contributed by atoms with Gasteiger partial charge in [0.15, 0.2) is 0 Å². The van der Waals surface area contributed by atoms with Crippen LogP contribution in [0, 0.1) is 5.41 Å². The summed E-state index contributed by atoms with van der Waals surface area (Å²) in [5.41, 5.74) is -0.512. The highest BCUT2D eigenvalue weighted by atomic mass is 16.5. The third-order valence-electron chi connectivity index (χ3n) is 4.66. The van der Waals surface area contributed by atoms with Crippen molar-refractivity contribution in [2.75, 3.05) is 19.7 Å². The molecule has 0 aromatic heterocycles. The van der Waals surface area contributed by atoms with Crippen LogP contribution in [0.3, 0.4) is 0 Å². The number of amides is 1. The standard InChI is InChI=1S/C15H27NO3/c1-4-15(7-5-6-8-15)13(18)16-9-12(10-17)19-14(2,3)11-16/h12,17H,4-11H2,1-3H3. The largest absolute Gasteiger partial charge is 0.394 e. The molecule has 110 valence electrons. The van der Waals surface area contributed by atoms with E-state index >= 15 is 0 Å². The summed E-state index contributed by atoms with van der Waals surface area (Å²) in [6, 6.07) is 0. The van der Waals surface area contributed by atoms with E-state index in [2.05, 4.69) is 6.92 Å². The predicted molar refractivity (Wildman–Crippen MR) is 73.8 cm³/mol. The molecule has 1 saturated heterocycles. The van der Waals surface area contributed by atoms with Crippen LogP contribution in [0.15, 0.2) is 0 Å². The number of hydrogen-bond acceptors (Lipinski definition) is 3. The van der Waals surface area contributed by atoms with Crippen LogP contribution in [0.25, 0.3) is 0 Å². The SMILES string of the molecule is CCC1(C(=O)N2CC(CO)OC(C)(C)C2)CCCC1. The number of carbonyl (C=O) groups excluding carboxylic acids is 1. The van der Waals surface area contributed by atoms with Gasteiger partial charge >= 0.3 is 0 Å². The Bertz CT molecular complexity index is 334. The molecule has 0 radical (unpaired) electrons. The number of rotatable bonds is 3. The zero-order valence-corrected chi connectivity index (χ0v) is 12.4. The molecule has 0 aromatic carbocycles. The van der Waals surface area contributed by atoms with Crippen LogP contribution in [-0.2, 0) is 9.53 Å². The zero-order chi connectivity index (χ0) is 14.1. The second-order valence-corrected chi connectivity index (χ2v) is 6.71. The van der Waals surface area contributed by atoms with Gasteiger partial charge in [0, 0.05) is 18.5 Å². The maximum atomic E-state index is 12.9. The van der Waals surface area contributed by atoms with Gasteiger partial charge in [0.05, 0.1) is 18.3 Å². The van der Waals surface area contributed by atoms with Gasteiger partial charge in [-0.2, -0.15) is 0 Å². The first-order valence-electron chi connectivity index (χ1n) is 7.50. The summed E-state index contributed by atoms with van der Waals surface area (Å²) in [6.45, 7) is 7.24. The van der Waals surface area contributed by atoms with E-state index in [1.165, 1.54) is 0 Å². The first-order chi connectivity index (χ1) is 8.92. The monoisotopic (exact) mass is 269 g/mol. The van der Waals surface area contributed by atoms with E-state index in [9.17, 15) is 9.90 Å². The van der Waals surface area contributed by atoms with Gasteiger partial charge < -0.3 is 14.7 Å². The van der Waals surface area contributed by atoms with Crippen molar-refractivity contribution in [2.24, 2.45) is 5.41 Å². The normalized spacial score (nSPS) is 29.5. The predicted octanol–water partition coefficient (Wildman–Crippen LogP) is 1.96. The highest BCUT2D eigenvalue weighted by molar-refractivity contribution is 5.83. The average Bonchev–Trinajstić information content (AvgIpc) is 2.85. The molecule has 1 saturated carbocycles. The van der Waals surface area contributed by atoms with Crippen LogP contribution in [0.5, 0.6) is 0 Å². The van der Waals surface area contributed by atoms with Crippen molar-refractivity contribution >= 4 is 5.91 Å². The molecule has 4 heteroatoms. The molecule has 0 spiro atoms. The fraction of sp³-hybridized carbons (Fsp3) is 0.933. The summed E-state index contributed by atoms with van der Waals surface area (Å²) in [7, 11) is 0. The molecule has 1 N–H and O–H groups in total. The molecular formula is C15H27NO3. The van der Waals surface area contributed by atoms with Crippen molar-refractivity contribution in [1.29, 1.82) is 0 Å². The number of aliphatic hydroxyl groups excluding tert-OH is 1. The lowest BCUT2D eigenvalue weighted by molar-refractivity contribution is -0.174. The average molecular weight is 269 g/mol. The second-order valence-electron chi connectivity index (χ2n) is 6.71. The van der Waals surface area contributed by atoms with Crippen LogP contribution in [-0.4, -0.2) is 47.3 Å². The van der Waals surface area contributed by atoms with E-state index in [4.69, 9.17) is 4.74 Å². The maximum Gasteiger partial charge on any atom is 0.228 e. The van der Waals surface area contributed by atoms with Gasteiger partial charge in [-0.05, 0) is 33.1 Å². The second kappa shape index (κ2) is 5.41. The Hall–Kier alpha value is -0.610. The van der Waals surface area contributed by atoms with Gasteiger partial charge in [0.2, 0.25) is 5.91 Å². The minimum atomic E-state index is -0.366. The highest BCUT2D eigenvalue weighted by Gasteiger charge is 2.45. The van der Waals surface area contributed by atoms with Crippen molar-refractivity contribution in [2.45, 2.75) is 64.6 Å². The summed E-state index contributed by atoms with van der Waals surface area (Å²) in [5, 5.41) is 9.35. The molecule has 1 amide bonds. The fourth-order valence-corrected chi connectivity index (χ4v) is 3.65. The summed E-state index contributed by atoms with van der Waals surface area (Å²) in [4.78, 5) is 14.8.